The molecule has 0 N–H and O–H groups in total. The molecule has 3 rings (SSSR count). The lowest BCUT2D eigenvalue weighted by Crippen LogP contribution is -1.97. The molecule has 0 atom stereocenters. The maximum atomic E-state index is 5.91. The van der Waals surface area contributed by atoms with E-state index in [-0.39, 0.29) is 0 Å². The first-order valence-corrected chi connectivity index (χ1v) is 11.0. The highest BCUT2D eigenvalue weighted by Crippen LogP contribution is 2.36. The Bertz CT molecular complexity index is 780. The summed E-state index contributed by atoms with van der Waals surface area (Å²) in [5.74, 6) is 0.979. The Hall–Kier alpha value is -0.840. The van der Waals surface area contributed by atoms with Gasteiger partial charge in [-0.3, -0.25) is 0 Å². The zero-order valence-electron chi connectivity index (χ0n) is 13.4. The molecule has 0 aliphatic heterocycles. The van der Waals surface area contributed by atoms with E-state index < -0.39 is 0 Å². The SMILES string of the molecule is BrCCCCCCOc1ccc2c(-c3ccc(Br)cc3)csc2c1. The molecular weight excluding hydrogens is 448 g/mol. The summed E-state index contributed by atoms with van der Waals surface area (Å²) in [4.78, 5) is 0. The molecule has 0 aliphatic carbocycles. The lowest BCUT2D eigenvalue weighted by Gasteiger charge is -2.06. The van der Waals surface area contributed by atoms with Crippen LogP contribution in [0.5, 0.6) is 5.75 Å². The van der Waals surface area contributed by atoms with E-state index in [0.29, 0.717) is 0 Å². The summed E-state index contributed by atoms with van der Waals surface area (Å²) in [5.41, 5.74) is 2.55. The minimum atomic E-state index is 0.804. The number of benzene rings is 2. The standard InChI is InChI=1S/C20H20Br2OS/c21-11-3-1-2-4-12-23-17-9-10-18-19(14-24-20(18)13-17)15-5-7-16(22)8-6-15/h5-10,13-14H,1-4,11-12H2. The summed E-state index contributed by atoms with van der Waals surface area (Å²) in [5, 5.41) is 4.63. The van der Waals surface area contributed by atoms with Crippen LogP contribution in [0.2, 0.25) is 0 Å². The van der Waals surface area contributed by atoms with Crippen LogP contribution < -0.4 is 4.74 Å². The maximum Gasteiger partial charge on any atom is 0.120 e. The van der Waals surface area contributed by atoms with Crippen LogP contribution in [0.25, 0.3) is 21.2 Å². The van der Waals surface area contributed by atoms with Gasteiger partial charge in [-0.05, 0) is 54.1 Å². The lowest BCUT2D eigenvalue weighted by atomic mass is 10.1. The van der Waals surface area contributed by atoms with E-state index in [2.05, 4.69) is 79.7 Å². The van der Waals surface area contributed by atoms with Crippen molar-refractivity contribution in [1.29, 1.82) is 0 Å². The fourth-order valence-corrected chi connectivity index (χ4v) is 4.35. The summed E-state index contributed by atoms with van der Waals surface area (Å²) in [6.07, 6.45) is 4.88. The molecule has 0 spiro atoms. The van der Waals surface area contributed by atoms with E-state index in [9.17, 15) is 0 Å². The van der Waals surface area contributed by atoms with Crippen molar-refractivity contribution >= 4 is 53.3 Å². The third kappa shape index (κ3) is 4.62. The van der Waals surface area contributed by atoms with Crippen LogP contribution in [0.15, 0.2) is 52.3 Å². The van der Waals surface area contributed by atoms with Crippen LogP contribution in [-0.2, 0) is 0 Å². The Morgan fingerprint density at radius 1 is 0.917 bits per heavy atom. The summed E-state index contributed by atoms with van der Waals surface area (Å²) in [6, 6.07) is 14.9. The molecule has 0 bridgehead atoms. The average molecular weight is 468 g/mol. The number of thiophene rings is 1. The first-order valence-electron chi connectivity index (χ1n) is 8.24. The second-order valence-corrected chi connectivity index (χ2v) is 8.39. The number of alkyl halides is 1. The highest BCUT2D eigenvalue weighted by Gasteiger charge is 2.07. The summed E-state index contributed by atoms with van der Waals surface area (Å²) in [7, 11) is 0. The zero-order chi connectivity index (χ0) is 16.8. The van der Waals surface area contributed by atoms with Gasteiger partial charge in [-0.2, -0.15) is 0 Å². The number of rotatable bonds is 8. The van der Waals surface area contributed by atoms with Gasteiger partial charge in [0.25, 0.3) is 0 Å². The maximum absolute atomic E-state index is 5.91. The van der Waals surface area contributed by atoms with Crippen LogP contribution in [0.1, 0.15) is 25.7 Å². The first-order chi connectivity index (χ1) is 11.8. The number of ether oxygens (including phenoxy) is 1. The monoisotopic (exact) mass is 466 g/mol. The van der Waals surface area contributed by atoms with E-state index in [4.69, 9.17) is 4.74 Å². The molecule has 126 valence electrons. The largest absolute Gasteiger partial charge is 0.494 e. The molecule has 0 aliphatic rings. The molecule has 0 fully saturated rings. The van der Waals surface area contributed by atoms with Crippen molar-refractivity contribution in [3.05, 3.63) is 52.3 Å². The van der Waals surface area contributed by atoms with Gasteiger partial charge in [0, 0.05) is 25.5 Å². The van der Waals surface area contributed by atoms with Crippen LogP contribution >= 0.6 is 43.2 Å². The van der Waals surface area contributed by atoms with Gasteiger partial charge in [0.15, 0.2) is 0 Å². The molecule has 24 heavy (non-hydrogen) atoms. The van der Waals surface area contributed by atoms with E-state index >= 15 is 0 Å². The molecule has 1 aromatic heterocycles. The fourth-order valence-electron chi connectivity index (χ4n) is 2.69. The minimum Gasteiger partial charge on any atom is -0.494 e. The van der Waals surface area contributed by atoms with E-state index in [0.717, 1.165) is 28.6 Å². The molecule has 0 amide bonds. The number of halogens is 2. The van der Waals surface area contributed by atoms with Crippen molar-refractivity contribution in [2.45, 2.75) is 25.7 Å². The molecule has 4 heteroatoms. The average Bonchev–Trinajstić information content (AvgIpc) is 3.02. The Kier molecular flexibility index (Phi) is 6.75. The predicted molar refractivity (Wildman–Crippen MR) is 113 cm³/mol. The summed E-state index contributed by atoms with van der Waals surface area (Å²) < 4.78 is 8.30. The number of fused-ring (bicyclic) bond motifs is 1. The van der Waals surface area contributed by atoms with Gasteiger partial charge in [-0.1, -0.05) is 56.8 Å². The summed E-state index contributed by atoms with van der Waals surface area (Å²) in [6.45, 7) is 0.804. The van der Waals surface area contributed by atoms with Gasteiger partial charge in [0.2, 0.25) is 0 Å². The van der Waals surface area contributed by atoms with Crippen molar-refractivity contribution < 1.29 is 4.74 Å². The molecule has 3 aromatic rings. The van der Waals surface area contributed by atoms with Crippen molar-refractivity contribution in [1.82, 2.24) is 0 Å². The molecular formula is C20H20Br2OS. The zero-order valence-corrected chi connectivity index (χ0v) is 17.4. The van der Waals surface area contributed by atoms with Gasteiger partial charge in [-0.25, -0.2) is 0 Å². The third-order valence-corrected chi connectivity index (χ3v) is 6.03. The van der Waals surface area contributed by atoms with Crippen LogP contribution in [0.3, 0.4) is 0 Å². The molecule has 0 saturated carbocycles. The molecule has 1 nitrogen and oxygen atoms in total. The van der Waals surface area contributed by atoms with Gasteiger partial charge >= 0.3 is 0 Å². The molecule has 1 heterocycles. The van der Waals surface area contributed by atoms with E-state index in [1.54, 1.807) is 11.3 Å². The van der Waals surface area contributed by atoms with Gasteiger partial charge in [0.05, 0.1) is 6.61 Å². The quantitative estimate of drug-likeness (QED) is 0.244. The van der Waals surface area contributed by atoms with Crippen molar-refractivity contribution in [2.75, 3.05) is 11.9 Å². The number of hydrogen-bond acceptors (Lipinski definition) is 2. The Labute approximate surface area is 164 Å². The summed E-state index contributed by atoms with van der Waals surface area (Å²) >= 11 is 8.74. The normalized spacial score (nSPS) is 11.1. The van der Waals surface area contributed by atoms with Crippen molar-refractivity contribution in [2.24, 2.45) is 0 Å². The number of unbranched alkanes of at least 4 members (excludes halogenated alkanes) is 3. The predicted octanol–water partition coefficient (Wildman–Crippen LogP) is 7.66. The number of hydrogen-bond donors (Lipinski definition) is 0. The highest BCUT2D eigenvalue weighted by molar-refractivity contribution is 9.10. The Morgan fingerprint density at radius 3 is 2.50 bits per heavy atom. The molecule has 2 aromatic carbocycles. The third-order valence-electron chi connectivity index (χ3n) is 4.00. The van der Waals surface area contributed by atoms with E-state index in [1.165, 1.54) is 40.5 Å². The smallest absolute Gasteiger partial charge is 0.120 e. The first kappa shape index (κ1) is 18.0. The molecule has 0 saturated heterocycles. The Balaban J connectivity index is 1.66. The highest BCUT2D eigenvalue weighted by atomic mass is 79.9. The topological polar surface area (TPSA) is 9.23 Å². The van der Waals surface area contributed by atoms with Gasteiger partial charge < -0.3 is 4.74 Å². The fraction of sp³-hybridized carbons (Fsp3) is 0.300. The van der Waals surface area contributed by atoms with Crippen molar-refractivity contribution in [3.63, 3.8) is 0 Å². The van der Waals surface area contributed by atoms with Crippen LogP contribution in [0.4, 0.5) is 0 Å². The van der Waals surface area contributed by atoms with Gasteiger partial charge in [-0.15, -0.1) is 11.3 Å². The second kappa shape index (κ2) is 9.02. The minimum absolute atomic E-state index is 0.804. The second-order valence-electron chi connectivity index (χ2n) is 5.77. The Morgan fingerprint density at radius 2 is 1.71 bits per heavy atom. The van der Waals surface area contributed by atoms with Crippen LogP contribution in [0, 0.1) is 0 Å². The van der Waals surface area contributed by atoms with E-state index in [1.807, 2.05) is 0 Å². The van der Waals surface area contributed by atoms with Crippen LogP contribution in [-0.4, -0.2) is 11.9 Å². The lowest BCUT2D eigenvalue weighted by molar-refractivity contribution is 0.305. The molecule has 0 unspecified atom stereocenters. The molecule has 0 radical (unpaired) electrons. The van der Waals surface area contributed by atoms with Crippen molar-refractivity contribution in [3.8, 4) is 16.9 Å². The van der Waals surface area contributed by atoms with Gasteiger partial charge in [0.1, 0.15) is 5.75 Å².